The van der Waals surface area contributed by atoms with E-state index in [1.165, 1.54) is 0 Å². The molecule has 17 heavy (non-hydrogen) atoms. The van der Waals surface area contributed by atoms with Crippen LogP contribution in [-0.4, -0.2) is 25.0 Å². The molecule has 1 heterocycles. The zero-order chi connectivity index (χ0) is 11.8. The van der Waals surface area contributed by atoms with Crippen molar-refractivity contribution < 1.29 is 4.79 Å². The van der Waals surface area contributed by atoms with Gasteiger partial charge in [0.15, 0.2) is 0 Å². The summed E-state index contributed by atoms with van der Waals surface area (Å²) in [6.07, 6.45) is 7.25. The molecule has 0 aromatic rings. The first-order valence-corrected chi connectivity index (χ1v) is 6.00. The number of amides is 1. The minimum atomic E-state index is -0.00285. The maximum absolute atomic E-state index is 12.0. The number of halogens is 1. The molecule has 0 aromatic heterocycles. The quantitative estimate of drug-likeness (QED) is 0.716. The molecule has 2 N–H and O–H groups in total. The Morgan fingerprint density at radius 2 is 2.06 bits per heavy atom. The second-order valence-corrected chi connectivity index (χ2v) is 4.30. The monoisotopic (exact) mass is 258 g/mol. The van der Waals surface area contributed by atoms with Gasteiger partial charge in [-0.25, -0.2) is 0 Å². The summed E-state index contributed by atoms with van der Waals surface area (Å²) in [5, 5.41) is 6.38. The predicted octanol–water partition coefficient (Wildman–Crippen LogP) is 2.04. The van der Waals surface area contributed by atoms with E-state index < -0.39 is 0 Å². The topological polar surface area (TPSA) is 41.1 Å². The van der Waals surface area contributed by atoms with Gasteiger partial charge in [0.2, 0.25) is 5.91 Å². The maximum atomic E-state index is 12.0. The smallest absolute Gasteiger partial charge is 0.223 e. The molecule has 1 aliphatic rings. The molecule has 3 nitrogen and oxygen atoms in total. The normalized spacial score (nSPS) is 19.2. The minimum absolute atomic E-state index is 0. The van der Waals surface area contributed by atoms with Crippen LogP contribution in [-0.2, 0) is 4.79 Å². The third-order valence-electron chi connectivity index (χ3n) is 2.92. The molecule has 4 heteroatoms. The Hall–Kier alpha value is -0.800. The van der Waals surface area contributed by atoms with Crippen molar-refractivity contribution in [2.75, 3.05) is 13.1 Å². The molecule has 1 amide bonds. The highest BCUT2D eigenvalue weighted by atomic mass is 35.5. The van der Waals surface area contributed by atoms with E-state index in [4.69, 9.17) is 0 Å². The van der Waals surface area contributed by atoms with E-state index in [2.05, 4.69) is 23.8 Å². The van der Waals surface area contributed by atoms with Crippen LogP contribution in [0.4, 0.5) is 0 Å². The Morgan fingerprint density at radius 3 is 2.53 bits per heavy atom. The van der Waals surface area contributed by atoms with Crippen LogP contribution in [0.1, 0.15) is 25.7 Å². The van der Waals surface area contributed by atoms with Crippen LogP contribution < -0.4 is 10.6 Å². The molecule has 1 fully saturated rings. The van der Waals surface area contributed by atoms with Crippen molar-refractivity contribution in [2.24, 2.45) is 5.92 Å². The number of hydrogen-bond acceptors (Lipinski definition) is 2. The van der Waals surface area contributed by atoms with Gasteiger partial charge in [-0.1, -0.05) is 12.2 Å². The van der Waals surface area contributed by atoms with Crippen LogP contribution in [0.5, 0.6) is 0 Å². The number of nitrogens with one attached hydrogen (secondary N) is 2. The van der Waals surface area contributed by atoms with Crippen LogP contribution in [0, 0.1) is 5.92 Å². The summed E-state index contributed by atoms with van der Waals surface area (Å²) in [7, 11) is 0. The van der Waals surface area contributed by atoms with E-state index in [1.54, 1.807) is 12.2 Å². The molecule has 0 bridgehead atoms. The molecule has 0 spiro atoms. The fraction of sp³-hybridized carbons (Fsp3) is 0.615. The number of carbonyl (C=O) groups excluding carboxylic acids is 1. The Bertz CT molecular complexity index is 240. The van der Waals surface area contributed by atoms with Crippen molar-refractivity contribution in [3.8, 4) is 0 Å². The molecular formula is C13H23ClN2O. The molecule has 0 radical (unpaired) electrons. The number of rotatable bonds is 6. The average molecular weight is 259 g/mol. The zero-order valence-electron chi connectivity index (χ0n) is 10.3. The summed E-state index contributed by atoms with van der Waals surface area (Å²) in [5.41, 5.74) is 0. The van der Waals surface area contributed by atoms with Gasteiger partial charge >= 0.3 is 0 Å². The molecule has 0 aliphatic carbocycles. The molecule has 1 saturated heterocycles. The predicted molar refractivity (Wildman–Crippen MR) is 74.4 cm³/mol. The van der Waals surface area contributed by atoms with Gasteiger partial charge < -0.3 is 10.6 Å². The summed E-state index contributed by atoms with van der Waals surface area (Å²) < 4.78 is 0. The van der Waals surface area contributed by atoms with Crippen molar-refractivity contribution in [2.45, 2.75) is 31.7 Å². The Labute approximate surface area is 110 Å². The second kappa shape index (κ2) is 9.25. The van der Waals surface area contributed by atoms with Crippen molar-refractivity contribution in [3.63, 3.8) is 0 Å². The highest BCUT2D eigenvalue weighted by molar-refractivity contribution is 5.85. The summed E-state index contributed by atoms with van der Waals surface area (Å²) in [4.78, 5) is 12.0. The first-order valence-electron chi connectivity index (χ1n) is 6.00. The highest BCUT2D eigenvalue weighted by Gasteiger charge is 2.20. The fourth-order valence-electron chi connectivity index (χ4n) is 2.01. The number of allylic oxidation sites excluding steroid dienone is 2. The summed E-state index contributed by atoms with van der Waals surface area (Å²) in [5.74, 6) is 0.130. The van der Waals surface area contributed by atoms with Crippen molar-refractivity contribution >= 4 is 18.3 Å². The first-order chi connectivity index (χ1) is 7.77. The maximum Gasteiger partial charge on any atom is 0.223 e. The molecule has 0 saturated carbocycles. The lowest BCUT2D eigenvalue weighted by molar-refractivity contribution is -0.125. The third-order valence-corrected chi connectivity index (χ3v) is 2.92. The highest BCUT2D eigenvalue weighted by Crippen LogP contribution is 2.11. The zero-order valence-corrected chi connectivity index (χ0v) is 11.1. The van der Waals surface area contributed by atoms with Crippen molar-refractivity contribution in [1.29, 1.82) is 0 Å². The molecule has 1 atom stereocenters. The summed E-state index contributed by atoms with van der Waals surface area (Å²) in [6.45, 7) is 9.32. The van der Waals surface area contributed by atoms with E-state index in [9.17, 15) is 4.79 Å². The van der Waals surface area contributed by atoms with Gasteiger partial charge in [0.25, 0.3) is 0 Å². The summed E-state index contributed by atoms with van der Waals surface area (Å²) >= 11 is 0. The first kappa shape index (κ1) is 16.2. The van der Waals surface area contributed by atoms with E-state index >= 15 is 0 Å². The molecule has 1 rings (SSSR count). The molecule has 0 aromatic carbocycles. The second-order valence-electron chi connectivity index (χ2n) is 4.30. The molecule has 1 unspecified atom stereocenters. The Kier molecular flexibility index (Phi) is 8.82. The summed E-state index contributed by atoms with van der Waals surface area (Å²) in [6, 6.07) is 0.290. The number of hydrogen-bond donors (Lipinski definition) is 2. The number of piperidine rings is 1. The number of carbonyl (C=O) groups is 1. The van der Waals surface area contributed by atoms with Crippen LogP contribution in [0.15, 0.2) is 25.3 Å². The Morgan fingerprint density at radius 1 is 1.41 bits per heavy atom. The van der Waals surface area contributed by atoms with Gasteiger partial charge in [0.1, 0.15) is 0 Å². The lowest BCUT2D eigenvalue weighted by Crippen LogP contribution is -2.47. The van der Waals surface area contributed by atoms with Gasteiger partial charge in [-0.05, 0) is 32.2 Å². The Balaban J connectivity index is 0.00000256. The van der Waals surface area contributed by atoms with Crippen LogP contribution >= 0.6 is 12.4 Å². The fourth-order valence-corrected chi connectivity index (χ4v) is 2.01. The van der Waals surface area contributed by atoms with Crippen LogP contribution in [0.25, 0.3) is 0 Å². The molecule has 1 aliphatic heterocycles. The lowest BCUT2D eigenvalue weighted by atomic mass is 9.99. The van der Waals surface area contributed by atoms with E-state index in [-0.39, 0.29) is 24.2 Å². The average Bonchev–Trinajstić information content (AvgIpc) is 2.30. The van der Waals surface area contributed by atoms with Gasteiger partial charge in [0.05, 0.1) is 0 Å². The van der Waals surface area contributed by atoms with Gasteiger partial charge in [-0.3, -0.25) is 4.79 Å². The van der Waals surface area contributed by atoms with Crippen LogP contribution in [0.3, 0.4) is 0 Å². The standard InChI is InChI=1S/C13H22N2O.ClH/c1-3-6-11(7-4-2)13(16)15-12-8-5-9-14-10-12;/h3-4,11-12,14H,1-2,5-10H2,(H,15,16);1H. The SMILES string of the molecule is C=CCC(CC=C)C(=O)NC1CCCNC1.Cl. The van der Waals surface area contributed by atoms with E-state index in [0.717, 1.165) is 38.8 Å². The van der Waals surface area contributed by atoms with Gasteiger partial charge in [-0.2, -0.15) is 0 Å². The van der Waals surface area contributed by atoms with Gasteiger partial charge in [0, 0.05) is 18.5 Å². The minimum Gasteiger partial charge on any atom is -0.352 e. The molecular weight excluding hydrogens is 236 g/mol. The van der Waals surface area contributed by atoms with Crippen LogP contribution in [0.2, 0.25) is 0 Å². The lowest BCUT2D eigenvalue weighted by Gasteiger charge is -2.25. The molecule has 98 valence electrons. The third kappa shape index (κ3) is 5.89. The van der Waals surface area contributed by atoms with E-state index in [1.807, 2.05) is 0 Å². The van der Waals surface area contributed by atoms with Crippen molar-refractivity contribution in [3.05, 3.63) is 25.3 Å². The van der Waals surface area contributed by atoms with E-state index in [0.29, 0.717) is 6.04 Å². The van der Waals surface area contributed by atoms with Crippen molar-refractivity contribution in [1.82, 2.24) is 10.6 Å². The largest absolute Gasteiger partial charge is 0.352 e. The van der Waals surface area contributed by atoms with Gasteiger partial charge in [-0.15, -0.1) is 25.6 Å².